The van der Waals surface area contributed by atoms with Gasteiger partial charge in [-0.15, -0.1) is 0 Å². The van der Waals surface area contributed by atoms with E-state index in [0.29, 0.717) is 59.8 Å². The molecule has 0 atom stereocenters. The molecule has 10 nitrogen and oxygen atoms in total. The Labute approximate surface area is 232 Å². The first-order chi connectivity index (χ1) is 18.9. The summed E-state index contributed by atoms with van der Waals surface area (Å²) < 4.78 is 10.7. The summed E-state index contributed by atoms with van der Waals surface area (Å²) in [4.78, 5) is 29.2. The number of amides is 4. The molecule has 39 heavy (non-hydrogen) atoms. The van der Waals surface area contributed by atoms with Crippen molar-refractivity contribution in [3.8, 4) is 11.5 Å². The third-order valence-electron chi connectivity index (χ3n) is 6.20. The zero-order valence-corrected chi connectivity index (χ0v) is 22.6. The van der Waals surface area contributed by atoms with Gasteiger partial charge in [0.2, 0.25) is 0 Å². The highest BCUT2D eigenvalue weighted by molar-refractivity contribution is 6.33. The van der Waals surface area contributed by atoms with Crippen LogP contribution in [0.25, 0.3) is 0 Å². The lowest BCUT2D eigenvalue weighted by atomic mass is 10.2. The number of hydrogen-bond acceptors (Lipinski definition) is 6. The maximum atomic E-state index is 12.8. The summed E-state index contributed by atoms with van der Waals surface area (Å²) in [6.45, 7) is 4.43. The first kappa shape index (κ1) is 27.9. The molecule has 206 valence electrons. The number of ether oxygens (including phenoxy) is 2. The molecule has 0 aliphatic carbocycles. The second-order valence-corrected chi connectivity index (χ2v) is 9.35. The van der Waals surface area contributed by atoms with Gasteiger partial charge in [0.25, 0.3) is 0 Å². The smallest absolute Gasteiger partial charge is 0.323 e. The lowest BCUT2D eigenvalue weighted by Crippen LogP contribution is -2.50. The third-order valence-corrected chi connectivity index (χ3v) is 6.52. The number of nitrogens with zero attached hydrogens (tertiary/aromatic N) is 2. The van der Waals surface area contributed by atoms with E-state index in [9.17, 15) is 9.59 Å². The van der Waals surface area contributed by atoms with Gasteiger partial charge in [0.1, 0.15) is 18.1 Å². The van der Waals surface area contributed by atoms with E-state index in [0.717, 1.165) is 11.3 Å². The number of nitrogens with one attached hydrogen (secondary N) is 3. The fourth-order valence-corrected chi connectivity index (χ4v) is 4.39. The van der Waals surface area contributed by atoms with Crippen LogP contribution in [0.1, 0.15) is 5.56 Å². The quantitative estimate of drug-likeness (QED) is 0.311. The minimum atomic E-state index is -0.362. The first-order valence-electron chi connectivity index (χ1n) is 12.5. The van der Waals surface area contributed by atoms with Gasteiger partial charge >= 0.3 is 12.1 Å². The van der Waals surface area contributed by atoms with Gasteiger partial charge in [-0.05, 0) is 61.0 Å². The van der Waals surface area contributed by atoms with Crippen LogP contribution < -0.4 is 30.3 Å². The average Bonchev–Trinajstić information content (AvgIpc) is 2.94. The van der Waals surface area contributed by atoms with Crippen molar-refractivity contribution in [1.29, 1.82) is 0 Å². The largest absolute Gasteiger partial charge is 0.495 e. The molecule has 0 saturated carbocycles. The lowest BCUT2D eigenvalue weighted by Gasteiger charge is -2.36. The van der Waals surface area contributed by atoms with E-state index in [4.69, 9.17) is 26.2 Å². The Kier molecular flexibility index (Phi) is 9.35. The summed E-state index contributed by atoms with van der Waals surface area (Å²) >= 11 is 6.28. The molecule has 4 N–H and O–H groups in total. The van der Waals surface area contributed by atoms with Crippen LogP contribution in [-0.2, 0) is 0 Å². The molecular formula is C28H32ClN5O5. The monoisotopic (exact) mass is 553 g/mol. The minimum absolute atomic E-state index is 0.0925. The van der Waals surface area contributed by atoms with Crippen molar-refractivity contribution in [3.05, 3.63) is 71.2 Å². The number of aryl methyl sites for hydroxylation is 1. The van der Waals surface area contributed by atoms with Gasteiger partial charge in [-0.1, -0.05) is 17.7 Å². The van der Waals surface area contributed by atoms with Crippen molar-refractivity contribution in [1.82, 2.24) is 4.90 Å². The highest BCUT2D eigenvalue weighted by Crippen LogP contribution is 2.28. The Morgan fingerprint density at radius 1 is 0.923 bits per heavy atom. The summed E-state index contributed by atoms with van der Waals surface area (Å²) in [6.07, 6.45) is 0. The van der Waals surface area contributed by atoms with Crippen LogP contribution in [0.5, 0.6) is 11.5 Å². The molecular weight excluding hydrogens is 522 g/mol. The summed E-state index contributed by atoms with van der Waals surface area (Å²) in [5.41, 5.74) is 3.76. The summed E-state index contributed by atoms with van der Waals surface area (Å²) in [7, 11) is 1.56. The second-order valence-electron chi connectivity index (χ2n) is 8.95. The number of urea groups is 2. The fraction of sp³-hybridized carbons (Fsp3) is 0.286. The predicted molar refractivity (Wildman–Crippen MR) is 154 cm³/mol. The molecule has 0 radical (unpaired) electrons. The minimum Gasteiger partial charge on any atom is -0.495 e. The maximum Gasteiger partial charge on any atom is 0.323 e. The van der Waals surface area contributed by atoms with E-state index in [1.807, 2.05) is 49.4 Å². The van der Waals surface area contributed by atoms with Gasteiger partial charge in [-0.2, -0.15) is 0 Å². The van der Waals surface area contributed by atoms with Crippen molar-refractivity contribution in [2.45, 2.75) is 6.92 Å². The van der Waals surface area contributed by atoms with Crippen molar-refractivity contribution >= 4 is 46.4 Å². The number of piperazine rings is 1. The van der Waals surface area contributed by atoms with Gasteiger partial charge in [-0.3, -0.25) is 0 Å². The van der Waals surface area contributed by atoms with Gasteiger partial charge in [-0.25, -0.2) is 9.59 Å². The summed E-state index contributed by atoms with van der Waals surface area (Å²) in [6, 6.07) is 17.5. The first-order valence-corrected chi connectivity index (χ1v) is 12.9. The number of methoxy groups -OCH3 is 1. The Balaban J connectivity index is 1.26. The van der Waals surface area contributed by atoms with Crippen LogP contribution in [0.4, 0.5) is 32.3 Å². The highest BCUT2D eigenvalue weighted by atomic mass is 35.5. The van der Waals surface area contributed by atoms with Crippen molar-refractivity contribution in [3.63, 3.8) is 0 Å². The number of aliphatic hydroxyl groups is 1. The van der Waals surface area contributed by atoms with E-state index in [-0.39, 0.29) is 25.3 Å². The highest BCUT2D eigenvalue weighted by Gasteiger charge is 2.22. The molecule has 3 aromatic rings. The van der Waals surface area contributed by atoms with Gasteiger partial charge in [0.05, 0.1) is 30.1 Å². The van der Waals surface area contributed by atoms with Crippen LogP contribution >= 0.6 is 11.6 Å². The van der Waals surface area contributed by atoms with Crippen LogP contribution in [-0.4, -0.2) is 68.6 Å². The topological polar surface area (TPSA) is 115 Å². The number of hydrogen-bond donors (Lipinski definition) is 4. The van der Waals surface area contributed by atoms with Crippen LogP contribution in [0.15, 0.2) is 60.7 Å². The zero-order valence-electron chi connectivity index (χ0n) is 21.9. The number of carbonyl (C=O) groups is 2. The normalized spacial score (nSPS) is 13.0. The Morgan fingerprint density at radius 3 is 2.33 bits per heavy atom. The van der Waals surface area contributed by atoms with Crippen molar-refractivity contribution < 1.29 is 24.2 Å². The Morgan fingerprint density at radius 2 is 1.67 bits per heavy atom. The number of halogens is 1. The average molecular weight is 554 g/mol. The molecule has 0 spiro atoms. The maximum absolute atomic E-state index is 12.8. The fourth-order valence-electron chi connectivity index (χ4n) is 4.17. The van der Waals surface area contributed by atoms with E-state index in [1.54, 1.807) is 30.2 Å². The van der Waals surface area contributed by atoms with Crippen molar-refractivity contribution in [2.24, 2.45) is 0 Å². The van der Waals surface area contributed by atoms with Crippen LogP contribution in [0.2, 0.25) is 5.02 Å². The van der Waals surface area contributed by atoms with Crippen LogP contribution in [0, 0.1) is 6.92 Å². The van der Waals surface area contributed by atoms with Gasteiger partial charge < -0.3 is 40.3 Å². The third kappa shape index (κ3) is 7.46. The molecule has 3 aromatic carbocycles. The molecule has 1 heterocycles. The Hall–Kier alpha value is -4.15. The number of benzene rings is 3. The molecule has 0 unspecified atom stereocenters. The number of carbonyl (C=O) groups excluding carboxylic acids is 2. The molecule has 1 aliphatic rings. The SMILES string of the molecule is COc1ccc(C)cc1NC(=O)Nc1ccc(N2CCN(C(=O)Nc3ccc(OCCO)cc3Cl)CC2)cc1. The molecule has 1 saturated heterocycles. The van der Waals surface area contributed by atoms with Gasteiger partial charge in [0, 0.05) is 43.6 Å². The van der Waals surface area contributed by atoms with E-state index < -0.39 is 0 Å². The molecule has 4 amide bonds. The molecule has 0 bridgehead atoms. The zero-order chi connectivity index (χ0) is 27.8. The molecule has 0 aromatic heterocycles. The van der Waals surface area contributed by atoms with Crippen LogP contribution in [0.3, 0.4) is 0 Å². The predicted octanol–water partition coefficient (Wildman–Crippen LogP) is 5.03. The number of rotatable bonds is 8. The molecule has 4 rings (SSSR count). The second kappa shape index (κ2) is 13.1. The summed E-state index contributed by atoms with van der Waals surface area (Å²) in [5.74, 6) is 1.11. The molecule has 1 aliphatic heterocycles. The lowest BCUT2D eigenvalue weighted by molar-refractivity contribution is 0.201. The standard InChI is InChI=1S/C28H32ClN5O5/c1-19-3-10-26(38-2)25(17-19)31-27(36)30-20-4-6-21(7-5-20)33-11-13-34(14-12-33)28(37)32-24-9-8-22(18-23(24)29)39-16-15-35/h3-10,17-18,35H,11-16H2,1-2H3,(H,32,37)(H2,30,31,36). The van der Waals surface area contributed by atoms with E-state index >= 15 is 0 Å². The molecule has 1 fully saturated rings. The number of anilines is 4. The van der Waals surface area contributed by atoms with Gasteiger partial charge in [0.15, 0.2) is 0 Å². The van der Waals surface area contributed by atoms with E-state index in [2.05, 4.69) is 20.9 Å². The summed E-state index contributed by atoms with van der Waals surface area (Å²) in [5, 5.41) is 17.7. The van der Waals surface area contributed by atoms with E-state index in [1.165, 1.54) is 0 Å². The Bertz CT molecular complexity index is 1300. The molecule has 11 heteroatoms. The number of aliphatic hydroxyl groups excluding tert-OH is 1. The van der Waals surface area contributed by atoms with Crippen molar-refractivity contribution in [2.75, 3.05) is 67.4 Å².